The van der Waals surface area contributed by atoms with Gasteiger partial charge in [-0.1, -0.05) is 96.0 Å². The molecular weight excluding hydrogens is 948 g/mol. The summed E-state index contributed by atoms with van der Waals surface area (Å²) in [6.07, 6.45) is 6.61. The van der Waals surface area contributed by atoms with Crippen LogP contribution in [0.1, 0.15) is 87.8 Å². The van der Waals surface area contributed by atoms with Crippen LogP contribution in [0.2, 0.25) is 10.0 Å². The van der Waals surface area contributed by atoms with Crippen LogP contribution in [0.25, 0.3) is 0 Å². The molecule has 0 aliphatic carbocycles. The normalized spacial score (nSPS) is 15.9. The molecule has 14 heteroatoms. The van der Waals surface area contributed by atoms with Crippen molar-refractivity contribution < 1.29 is 29.1 Å². The monoisotopic (exact) mass is 992 g/mol. The molecule has 0 spiro atoms. The highest BCUT2D eigenvalue weighted by atomic mass is 35.5. The summed E-state index contributed by atoms with van der Waals surface area (Å²) >= 11 is 12.3. The van der Waals surface area contributed by atoms with Crippen LogP contribution in [0, 0.1) is 0 Å². The molecule has 8 aromatic rings. The SMILES string of the molecule is O=C(c1ccc(CN2C(=O)c3ccc(Cl)cc3CC(=O)[C@H]2Cc2ccccn2)cc1)c1ccccn1.O=C1Cc2cc(Cl)ccc2C(=O)N(Cc2ccc(C(O)c3ccccn3)cc2)[C@@H]1Cc1ccccn1. The zero-order chi connectivity index (χ0) is 50.1. The minimum absolute atomic E-state index is 0.0581. The lowest BCUT2D eigenvalue weighted by Crippen LogP contribution is -2.44. The van der Waals surface area contributed by atoms with E-state index in [-0.39, 0.29) is 55.1 Å². The Morgan fingerprint density at radius 1 is 0.542 bits per heavy atom. The second-order valence-electron chi connectivity index (χ2n) is 17.5. The second-order valence-corrected chi connectivity index (χ2v) is 18.3. The number of amides is 2. The number of carbonyl (C=O) groups is 5. The second kappa shape index (κ2) is 22.4. The maximum Gasteiger partial charge on any atom is 0.255 e. The highest BCUT2D eigenvalue weighted by molar-refractivity contribution is 6.31. The lowest BCUT2D eigenvalue weighted by Gasteiger charge is -2.29. The molecule has 12 nitrogen and oxygen atoms in total. The van der Waals surface area contributed by atoms with Gasteiger partial charge < -0.3 is 14.9 Å². The lowest BCUT2D eigenvalue weighted by molar-refractivity contribution is -0.123. The summed E-state index contributed by atoms with van der Waals surface area (Å²) in [5, 5.41) is 11.6. The van der Waals surface area contributed by atoms with E-state index in [2.05, 4.69) is 19.9 Å². The Hall–Kier alpha value is -8.03. The number of rotatable bonds is 12. The Bertz CT molecular complexity index is 3240. The zero-order valence-corrected chi connectivity index (χ0v) is 40.2. The maximum absolute atomic E-state index is 13.7. The quantitative estimate of drug-likeness (QED) is 0.117. The molecule has 358 valence electrons. The molecule has 2 amide bonds. The molecule has 0 saturated heterocycles. The van der Waals surface area contributed by atoms with Crippen molar-refractivity contribution >= 4 is 52.4 Å². The molecule has 1 unspecified atom stereocenters. The van der Waals surface area contributed by atoms with Gasteiger partial charge >= 0.3 is 0 Å². The first-order valence-corrected chi connectivity index (χ1v) is 24.0. The summed E-state index contributed by atoms with van der Waals surface area (Å²) in [5.74, 6) is -0.760. The standard InChI is InChI=1S/C29H24ClN3O3.C29H22ClN3O3/c2*30-22-11-12-24-21(15-22)16-27(34)26(17-23-5-1-3-13-31-23)33(29(24)36)18-19-7-9-20(10-8-19)28(35)25-6-2-4-14-32-25/h1-15,26,28,35H,16-18H2;1-15,26H,16-18H2/t26-,28?;26-/m11/s1. The Labute approximate surface area is 426 Å². The van der Waals surface area contributed by atoms with E-state index in [0.29, 0.717) is 67.7 Å². The third kappa shape index (κ3) is 11.4. The number of aliphatic hydroxyl groups is 1. The number of carbonyl (C=O) groups excluding carboxylic acids is 5. The first-order chi connectivity index (χ1) is 35.0. The van der Waals surface area contributed by atoms with E-state index in [1.54, 1.807) is 126 Å². The fourth-order valence-electron chi connectivity index (χ4n) is 8.95. The zero-order valence-electron chi connectivity index (χ0n) is 38.7. The number of fused-ring (bicyclic) bond motifs is 2. The Morgan fingerprint density at radius 3 is 1.44 bits per heavy atom. The third-order valence-corrected chi connectivity index (χ3v) is 13.2. The highest BCUT2D eigenvalue weighted by Crippen LogP contribution is 2.30. The van der Waals surface area contributed by atoms with Gasteiger partial charge in [-0.3, -0.25) is 43.9 Å². The van der Waals surface area contributed by atoms with E-state index >= 15 is 0 Å². The highest BCUT2D eigenvalue weighted by Gasteiger charge is 2.37. The maximum atomic E-state index is 13.7. The predicted octanol–water partition coefficient (Wildman–Crippen LogP) is 9.33. The minimum Gasteiger partial charge on any atom is -0.382 e. The van der Waals surface area contributed by atoms with E-state index in [1.165, 1.54) is 0 Å². The van der Waals surface area contributed by atoms with Crippen LogP contribution in [0.4, 0.5) is 0 Å². The number of nitrogens with zero attached hydrogens (tertiary/aromatic N) is 6. The molecule has 2 aliphatic rings. The molecule has 4 aromatic heterocycles. The third-order valence-electron chi connectivity index (χ3n) is 12.7. The van der Waals surface area contributed by atoms with Crippen molar-refractivity contribution in [3.63, 3.8) is 0 Å². The molecule has 0 radical (unpaired) electrons. The number of aromatic nitrogens is 4. The molecule has 72 heavy (non-hydrogen) atoms. The van der Waals surface area contributed by atoms with E-state index in [0.717, 1.165) is 22.5 Å². The first-order valence-electron chi connectivity index (χ1n) is 23.3. The molecular formula is C58H46Cl2N6O6. The van der Waals surface area contributed by atoms with E-state index in [4.69, 9.17) is 23.2 Å². The number of benzene rings is 4. The van der Waals surface area contributed by atoms with Gasteiger partial charge in [0.25, 0.3) is 11.8 Å². The van der Waals surface area contributed by atoms with E-state index < -0.39 is 18.2 Å². The molecule has 10 rings (SSSR count). The number of hydrogen-bond acceptors (Lipinski definition) is 10. The van der Waals surface area contributed by atoms with Crippen molar-refractivity contribution in [2.45, 2.75) is 57.0 Å². The molecule has 1 N–H and O–H groups in total. The van der Waals surface area contributed by atoms with Gasteiger partial charge in [0.05, 0.1) is 17.8 Å². The number of Topliss-reactive ketones (excluding diaryl/α,β-unsaturated/α-hetero) is 2. The van der Waals surface area contributed by atoms with Gasteiger partial charge in [-0.2, -0.15) is 0 Å². The Morgan fingerprint density at radius 2 is 1.00 bits per heavy atom. The number of ketones is 3. The summed E-state index contributed by atoms with van der Waals surface area (Å²) in [4.78, 5) is 87.3. The number of aliphatic hydroxyl groups excluding tert-OH is 1. The predicted molar refractivity (Wildman–Crippen MR) is 272 cm³/mol. The average molecular weight is 994 g/mol. The van der Waals surface area contributed by atoms with Gasteiger partial charge in [-0.05, 0) is 113 Å². The van der Waals surface area contributed by atoms with Gasteiger partial charge in [0, 0.05) is 102 Å². The van der Waals surface area contributed by atoms with Crippen LogP contribution in [-0.2, 0) is 48.4 Å². The van der Waals surface area contributed by atoms with Gasteiger partial charge in [-0.15, -0.1) is 0 Å². The minimum atomic E-state index is -0.852. The van der Waals surface area contributed by atoms with Gasteiger partial charge in [-0.25, -0.2) is 0 Å². The van der Waals surface area contributed by atoms with Crippen molar-refractivity contribution in [2.24, 2.45) is 0 Å². The van der Waals surface area contributed by atoms with Crippen molar-refractivity contribution in [3.8, 4) is 0 Å². The van der Waals surface area contributed by atoms with E-state index in [1.807, 2.05) is 66.7 Å². The van der Waals surface area contributed by atoms with Gasteiger partial charge in [0.1, 0.15) is 11.8 Å². The lowest BCUT2D eigenvalue weighted by atomic mass is 9.99. The van der Waals surface area contributed by atoms with Crippen molar-refractivity contribution in [3.05, 3.63) is 260 Å². The van der Waals surface area contributed by atoms with Gasteiger partial charge in [0.15, 0.2) is 11.6 Å². The Kier molecular flexibility index (Phi) is 15.2. The summed E-state index contributed by atoms with van der Waals surface area (Å²) < 4.78 is 0. The first kappa shape index (κ1) is 49.0. The number of pyridine rings is 4. The van der Waals surface area contributed by atoms with E-state index in [9.17, 15) is 29.1 Å². The molecule has 4 aromatic carbocycles. The van der Waals surface area contributed by atoms with Crippen LogP contribution >= 0.6 is 23.2 Å². The van der Waals surface area contributed by atoms with Crippen LogP contribution in [0.3, 0.4) is 0 Å². The largest absolute Gasteiger partial charge is 0.382 e. The van der Waals surface area contributed by atoms with Crippen molar-refractivity contribution in [1.82, 2.24) is 29.7 Å². The molecule has 6 heterocycles. The van der Waals surface area contributed by atoms with Gasteiger partial charge in [0.2, 0.25) is 5.78 Å². The van der Waals surface area contributed by atoms with Crippen molar-refractivity contribution in [1.29, 1.82) is 0 Å². The van der Waals surface area contributed by atoms with Crippen LogP contribution in [0.15, 0.2) is 183 Å². The molecule has 2 aliphatic heterocycles. The summed E-state index contributed by atoms with van der Waals surface area (Å²) in [7, 11) is 0. The Balaban J connectivity index is 0.000000178. The average Bonchev–Trinajstić information content (AvgIpc) is 3.56. The summed E-state index contributed by atoms with van der Waals surface area (Å²) in [5.41, 5.74) is 7.46. The van der Waals surface area contributed by atoms with Crippen LogP contribution in [-0.4, -0.2) is 76.1 Å². The van der Waals surface area contributed by atoms with Crippen LogP contribution < -0.4 is 0 Å². The topological polar surface area (TPSA) is 164 Å². The van der Waals surface area contributed by atoms with Crippen LogP contribution in [0.5, 0.6) is 0 Å². The molecule has 3 atom stereocenters. The summed E-state index contributed by atoms with van der Waals surface area (Å²) in [6.45, 7) is 0.451. The molecule has 0 saturated carbocycles. The number of hydrogen-bond donors (Lipinski definition) is 1. The van der Waals surface area contributed by atoms with Crippen molar-refractivity contribution in [2.75, 3.05) is 0 Å². The fourth-order valence-corrected chi connectivity index (χ4v) is 9.33. The molecule has 0 bridgehead atoms. The smallest absolute Gasteiger partial charge is 0.255 e. The molecule has 0 fully saturated rings. The number of halogens is 2. The summed E-state index contributed by atoms with van der Waals surface area (Å²) in [6, 6.07) is 44.8. The fraction of sp³-hybridized carbons (Fsp3) is 0.155.